The third-order valence-corrected chi connectivity index (χ3v) is 7.58. The molecule has 0 saturated heterocycles. The monoisotopic (exact) mass is 513 g/mol. The van der Waals surface area contributed by atoms with Crippen molar-refractivity contribution in [3.63, 3.8) is 0 Å². The first kappa shape index (κ1) is 24.7. The zero-order valence-electron chi connectivity index (χ0n) is 19.3. The van der Waals surface area contributed by atoms with Crippen LogP contribution in [0.3, 0.4) is 0 Å². The Kier molecular flexibility index (Phi) is 7.11. The van der Waals surface area contributed by atoms with Gasteiger partial charge >= 0.3 is 5.76 Å². The normalized spacial score (nSPS) is 13.4. The van der Waals surface area contributed by atoms with Gasteiger partial charge in [-0.25, -0.2) is 18.3 Å². The molecule has 3 aromatic carbocycles. The van der Waals surface area contributed by atoms with E-state index >= 15 is 0 Å². The van der Waals surface area contributed by atoms with Crippen LogP contribution in [0.1, 0.15) is 35.9 Å². The molecule has 1 heterocycles. The van der Waals surface area contributed by atoms with Gasteiger partial charge in [0.15, 0.2) is 0 Å². The fraction of sp³-hybridized carbons (Fsp3) is 0.200. The van der Waals surface area contributed by atoms with Crippen LogP contribution in [0.5, 0.6) is 5.75 Å². The summed E-state index contributed by atoms with van der Waals surface area (Å²) in [6, 6.07) is 18.9. The number of halogens is 1. The minimum atomic E-state index is -4.14. The Labute approximate surface area is 208 Å². The third-order valence-electron chi connectivity index (χ3n) is 5.87. The number of ether oxygens (including phenoxy) is 1. The topological polar surface area (TPSA) is 114 Å². The first-order chi connectivity index (χ1) is 16.7. The van der Waals surface area contributed by atoms with Gasteiger partial charge in [-0.1, -0.05) is 67.1 Å². The van der Waals surface area contributed by atoms with Crippen LogP contribution in [0, 0.1) is 6.92 Å². The van der Waals surface area contributed by atoms with E-state index in [9.17, 15) is 13.2 Å². The predicted octanol–water partition coefficient (Wildman–Crippen LogP) is 4.82. The molecular weight excluding hydrogens is 490 g/mol. The highest BCUT2D eigenvalue weighted by atomic mass is 35.5. The van der Waals surface area contributed by atoms with Gasteiger partial charge in [-0.15, -0.1) is 5.10 Å². The lowest BCUT2D eigenvalue weighted by atomic mass is 9.86. The van der Waals surface area contributed by atoms with E-state index in [0.29, 0.717) is 5.02 Å². The van der Waals surface area contributed by atoms with Gasteiger partial charge in [-0.05, 0) is 41.3 Å². The van der Waals surface area contributed by atoms with Gasteiger partial charge in [0.05, 0.1) is 7.11 Å². The highest BCUT2D eigenvalue weighted by molar-refractivity contribution is 7.89. The maximum absolute atomic E-state index is 13.4. The molecular formula is C25H24ClN3O5S. The molecule has 10 heteroatoms. The molecule has 0 radical (unpaired) electrons. The Morgan fingerprint density at radius 3 is 2.49 bits per heavy atom. The average Bonchev–Trinajstić information content (AvgIpc) is 3.28. The average molecular weight is 514 g/mol. The fourth-order valence-electron chi connectivity index (χ4n) is 4.09. The zero-order valence-corrected chi connectivity index (χ0v) is 20.9. The second kappa shape index (κ2) is 10.1. The van der Waals surface area contributed by atoms with E-state index in [-0.39, 0.29) is 16.5 Å². The van der Waals surface area contributed by atoms with Crippen LogP contribution in [-0.2, 0) is 10.0 Å². The van der Waals surface area contributed by atoms with Gasteiger partial charge in [-0.2, -0.15) is 4.72 Å². The van der Waals surface area contributed by atoms with Crippen molar-refractivity contribution in [1.82, 2.24) is 14.9 Å². The van der Waals surface area contributed by atoms with Crippen LogP contribution in [0.25, 0.3) is 11.1 Å². The molecule has 0 unspecified atom stereocenters. The number of aromatic nitrogens is 2. The summed E-state index contributed by atoms with van der Waals surface area (Å²) in [6.45, 7) is 3.82. The lowest BCUT2D eigenvalue weighted by Crippen LogP contribution is -2.32. The van der Waals surface area contributed by atoms with Crippen molar-refractivity contribution in [2.75, 3.05) is 7.11 Å². The lowest BCUT2D eigenvalue weighted by molar-refractivity contribution is 0.378. The molecule has 0 aliphatic heterocycles. The van der Waals surface area contributed by atoms with Crippen LogP contribution in [0.2, 0.25) is 5.02 Å². The molecule has 0 amide bonds. The molecule has 0 spiro atoms. The minimum absolute atomic E-state index is 0.0801. The summed E-state index contributed by atoms with van der Waals surface area (Å²) >= 11 is 6.00. The fourth-order valence-corrected chi connectivity index (χ4v) is 5.67. The SMILES string of the molecule is COc1cc(Cl)ccc1S(=O)(=O)N[C@H](c1n[nH]c(=O)o1)[C@H](C)c1cccc(-c2ccccc2)c1C. The van der Waals surface area contributed by atoms with Crippen LogP contribution in [0.4, 0.5) is 0 Å². The second-order valence-corrected chi connectivity index (χ2v) is 10.1. The molecule has 4 rings (SSSR count). The summed E-state index contributed by atoms with van der Waals surface area (Å²) in [6.07, 6.45) is 0. The van der Waals surface area contributed by atoms with Gasteiger partial charge in [0, 0.05) is 17.0 Å². The lowest BCUT2D eigenvalue weighted by Gasteiger charge is -2.25. The third kappa shape index (κ3) is 5.17. The predicted molar refractivity (Wildman–Crippen MR) is 133 cm³/mol. The van der Waals surface area contributed by atoms with Gasteiger partial charge in [0.25, 0.3) is 0 Å². The summed E-state index contributed by atoms with van der Waals surface area (Å²) in [5, 5.41) is 6.47. The number of H-pyrrole nitrogens is 1. The summed E-state index contributed by atoms with van der Waals surface area (Å²) in [7, 11) is -2.78. The Bertz CT molecular complexity index is 1500. The highest BCUT2D eigenvalue weighted by Crippen LogP contribution is 2.37. The van der Waals surface area contributed by atoms with Crippen molar-refractivity contribution in [3.8, 4) is 16.9 Å². The molecule has 4 aromatic rings. The van der Waals surface area contributed by atoms with Crippen LogP contribution >= 0.6 is 11.6 Å². The molecule has 0 aliphatic carbocycles. The van der Waals surface area contributed by atoms with E-state index in [1.807, 2.05) is 62.4 Å². The molecule has 35 heavy (non-hydrogen) atoms. The maximum atomic E-state index is 13.4. The molecule has 2 N–H and O–H groups in total. The largest absolute Gasteiger partial charge is 0.495 e. The van der Waals surface area contributed by atoms with Crippen LogP contribution < -0.4 is 15.2 Å². The van der Waals surface area contributed by atoms with Gasteiger partial charge in [-0.3, -0.25) is 0 Å². The Morgan fingerprint density at radius 2 is 1.83 bits per heavy atom. The number of aromatic amines is 1. The molecule has 0 bridgehead atoms. The summed E-state index contributed by atoms with van der Waals surface area (Å²) in [4.78, 5) is 11.6. The Hall–Kier alpha value is -3.40. The number of methoxy groups -OCH3 is 1. The molecule has 2 atom stereocenters. The van der Waals surface area contributed by atoms with E-state index in [1.54, 1.807) is 0 Å². The first-order valence-corrected chi connectivity index (χ1v) is 12.6. The molecule has 8 nitrogen and oxygen atoms in total. The van der Waals surface area contributed by atoms with E-state index in [1.165, 1.54) is 25.3 Å². The van der Waals surface area contributed by atoms with Crippen molar-refractivity contribution < 1.29 is 17.6 Å². The van der Waals surface area contributed by atoms with E-state index in [2.05, 4.69) is 14.9 Å². The molecule has 182 valence electrons. The molecule has 0 saturated carbocycles. The Balaban J connectivity index is 1.78. The first-order valence-electron chi connectivity index (χ1n) is 10.8. The Morgan fingerprint density at radius 1 is 1.09 bits per heavy atom. The number of hydrogen-bond acceptors (Lipinski definition) is 6. The number of benzene rings is 3. The standard InChI is InChI=1S/C25H24ClN3O5S/c1-15-19(10-7-11-20(15)17-8-5-4-6-9-17)16(2)23(24-27-28-25(30)34-24)29-35(31,32)22-13-12-18(26)14-21(22)33-3/h4-14,16,23,29H,1-3H3,(H,28,30)/t16-,23+/m1/s1. The van der Waals surface area contributed by atoms with Gasteiger partial charge in [0.2, 0.25) is 15.9 Å². The van der Waals surface area contributed by atoms with Crippen molar-refractivity contribution in [2.45, 2.75) is 30.7 Å². The summed E-state index contributed by atoms with van der Waals surface area (Å²) in [5.74, 6) is -1.24. The van der Waals surface area contributed by atoms with Crippen molar-refractivity contribution in [3.05, 3.63) is 99.3 Å². The molecule has 0 aliphatic rings. The van der Waals surface area contributed by atoms with Crippen LogP contribution in [-0.4, -0.2) is 25.7 Å². The van der Waals surface area contributed by atoms with E-state index in [0.717, 1.165) is 22.3 Å². The number of nitrogens with zero attached hydrogens (tertiary/aromatic N) is 1. The zero-order chi connectivity index (χ0) is 25.2. The minimum Gasteiger partial charge on any atom is -0.495 e. The molecule has 1 aromatic heterocycles. The highest BCUT2D eigenvalue weighted by Gasteiger charge is 2.33. The number of rotatable bonds is 8. The van der Waals surface area contributed by atoms with E-state index < -0.39 is 27.7 Å². The maximum Gasteiger partial charge on any atom is 0.434 e. The van der Waals surface area contributed by atoms with Crippen LogP contribution in [0.15, 0.2) is 80.8 Å². The molecule has 0 fully saturated rings. The second-order valence-electron chi connectivity index (χ2n) is 8.02. The summed E-state index contributed by atoms with van der Waals surface area (Å²) < 4.78 is 39.9. The number of sulfonamides is 1. The smallest absolute Gasteiger partial charge is 0.434 e. The van der Waals surface area contributed by atoms with Crippen molar-refractivity contribution in [1.29, 1.82) is 0 Å². The van der Waals surface area contributed by atoms with Crippen molar-refractivity contribution >= 4 is 21.6 Å². The van der Waals surface area contributed by atoms with Crippen molar-refractivity contribution in [2.24, 2.45) is 0 Å². The quantitative estimate of drug-likeness (QED) is 0.349. The van der Waals surface area contributed by atoms with Gasteiger partial charge < -0.3 is 9.15 Å². The van der Waals surface area contributed by atoms with E-state index in [4.69, 9.17) is 20.8 Å². The number of nitrogens with one attached hydrogen (secondary N) is 2. The number of hydrogen-bond donors (Lipinski definition) is 2. The summed E-state index contributed by atoms with van der Waals surface area (Å²) in [5.41, 5.74) is 3.89. The van der Waals surface area contributed by atoms with Gasteiger partial charge in [0.1, 0.15) is 16.7 Å².